The van der Waals surface area contributed by atoms with Crippen molar-refractivity contribution in [1.29, 1.82) is 0 Å². The predicted molar refractivity (Wildman–Crippen MR) is 60.7 cm³/mol. The fourth-order valence-corrected chi connectivity index (χ4v) is 1.90. The highest BCUT2D eigenvalue weighted by Gasteiger charge is 2.14. The van der Waals surface area contributed by atoms with Crippen molar-refractivity contribution in [2.45, 2.75) is 12.8 Å². The van der Waals surface area contributed by atoms with Crippen molar-refractivity contribution in [2.75, 3.05) is 13.2 Å². The third-order valence-electron chi connectivity index (χ3n) is 2.74. The predicted octanol–water partition coefficient (Wildman–Crippen LogP) is 1.94. The van der Waals surface area contributed by atoms with Gasteiger partial charge in [-0.1, -0.05) is 28.5 Å². The summed E-state index contributed by atoms with van der Waals surface area (Å²) in [6.07, 6.45) is 1.76. The lowest BCUT2D eigenvalue weighted by molar-refractivity contribution is 0.173. The van der Waals surface area contributed by atoms with Gasteiger partial charge in [-0.3, -0.25) is 0 Å². The highest BCUT2D eigenvalue weighted by Crippen LogP contribution is 2.16. The average Bonchev–Trinajstić information content (AvgIpc) is 3.03. The Kier molecular flexibility index (Phi) is 2.33. The number of hydrogen-bond acceptors (Lipinski definition) is 4. The summed E-state index contributed by atoms with van der Waals surface area (Å²) in [6, 6.07) is 8.22. The zero-order valence-corrected chi connectivity index (χ0v) is 8.85. The molecule has 0 bridgehead atoms. The average molecular weight is 216 g/mol. The molecule has 0 aromatic heterocycles. The molecule has 0 aliphatic carbocycles. The first-order chi connectivity index (χ1) is 7.93. The van der Waals surface area contributed by atoms with Gasteiger partial charge in [0.05, 0.1) is 11.4 Å². The van der Waals surface area contributed by atoms with Crippen molar-refractivity contribution in [3.8, 4) is 0 Å². The molecule has 0 N–H and O–H groups in total. The topological polar surface area (TPSA) is 43.2 Å². The maximum absolute atomic E-state index is 5.01. The van der Waals surface area contributed by atoms with E-state index in [9.17, 15) is 0 Å². The zero-order valence-electron chi connectivity index (χ0n) is 8.85. The van der Waals surface area contributed by atoms with Gasteiger partial charge in [-0.25, -0.2) is 0 Å². The monoisotopic (exact) mass is 216 g/mol. The molecule has 2 heterocycles. The molecule has 4 heteroatoms. The fourth-order valence-electron chi connectivity index (χ4n) is 1.90. The summed E-state index contributed by atoms with van der Waals surface area (Å²) in [5.74, 6) is 0. The van der Waals surface area contributed by atoms with E-state index in [0.717, 1.165) is 35.4 Å². The van der Waals surface area contributed by atoms with Crippen LogP contribution < -0.4 is 0 Å². The molecule has 0 saturated carbocycles. The standard InChI is InChI=1S/C12H12N2O2/c1-2-9(11-4-6-15-13-11)8-10(3-1)12-5-7-16-14-12/h1-3,8H,4-7H2. The van der Waals surface area contributed by atoms with Crippen molar-refractivity contribution >= 4 is 11.4 Å². The van der Waals surface area contributed by atoms with Crippen molar-refractivity contribution < 1.29 is 9.68 Å². The van der Waals surface area contributed by atoms with Crippen LogP contribution in [0.2, 0.25) is 0 Å². The molecule has 0 saturated heterocycles. The second-order valence-electron chi connectivity index (χ2n) is 3.82. The van der Waals surface area contributed by atoms with Gasteiger partial charge in [-0.15, -0.1) is 0 Å². The number of rotatable bonds is 2. The first-order valence-corrected chi connectivity index (χ1v) is 5.42. The second kappa shape index (κ2) is 3.96. The van der Waals surface area contributed by atoms with Crippen LogP contribution in [0, 0.1) is 0 Å². The molecule has 1 aromatic rings. The molecule has 82 valence electrons. The van der Waals surface area contributed by atoms with Gasteiger partial charge in [0.1, 0.15) is 13.2 Å². The van der Waals surface area contributed by atoms with Crippen molar-refractivity contribution in [3.63, 3.8) is 0 Å². The number of hydrogen-bond donors (Lipinski definition) is 0. The van der Waals surface area contributed by atoms with Crippen LogP contribution in [-0.4, -0.2) is 24.6 Å². The van der Waals surface area contributed by atoms with Gasteiger partial charge in [0.25, 0.3) is 0 Å². The van der Waals surface area contributed by atoms with Crippen LogP contribution in [0.15, 0.2) is 34.6 Å². The molecule has 2 aliphatic heterocycles. The van der Waals surface area contributed by atoms with Crippen LogP contribution >= 0.6 is 0 Å². The lowest BCUT2D eigenvalue weighted by Crippen LogP contribution is -2.02. The molecular weight excluding hydrogens is 204 g/mol. The number of nitrogens with zero attached hydrogens (tertiary/aromatic N) is 2. The van der Waals surface area contributed by atoms with Crippen molar-refractivity contribution in [3.05, 3.63) is 35.4 Å². The van der Waals surface area contributed by atoms with E-state index in [-0.39, 0.29) is 0 Å². The summed E-state index contributed by atoms with van der Waals surface area (Å²) in [5, 5.41) is 8.04. The van der Waals surface area contributed by atoms with Gasteiger partial charge >= 0.3 is 0 Å². The maximum atomic E-state index is 5.01. The quantitative estimate of drug-likeness (QED) is 0.758. The Bertz CT molecular complexity index is 427. The summed E-state index contributed by atoms with van der Waals surface area (Å²) in [6.45, 7) is 1.37. The summed E-state index contributed by atoms with van der Waals surface area (Å²) in [5.41, 5.74) is 4.26. The minimum atomic E-state index is 0.684. The Labute approximate surface area is 93.5 Å². The van der Waals surface area contributed by atoms with Crippen molar-refractivity contribution in [1.82, 2.24) is 0 Å². The van der Waals surface area contributed by atoms with E-state index in [1.165, 1.54) is 0 Å². The third kappa shape index (κ3) is 1.66. The summed E-state index contributed by atoms with van der Waals surface area (Å²) < 4.78 is 0. The molecule has 4 nitrogen and oxygen atoms in total. The Morgan fingerprint density at radius 3 is 1.88 bits per heavy atom. The number of benzene rings is 1. The van der Waals surface area contributed by atoms with Gasteiger partial charge in [0, 0.05) is 24.0 Å². The Morgan fingerprint density at radius 2 is 1.44 bits per heavy atom. The van der Waals surface area contributed by atoms with E-state index in [4.69, 9.17) is 9.68 Å². The molecule has 16 heavy (non-hydrogen) atoms. The van der Waals surface area contributed by atoms with E-state index in [2.05, 4.69) is 16.4 Å². The smallest absolute Gasteiger partial charge is 0.122 e. The molecule has 1 aromatic carbocycles. The summed E-state index contributed by atoms with van der Waals surface area (Å²) >= 11 is 0. The van der Waals surface area contributed by atoms with Gasteiger partial charge < -0.3 is 9.68 Å². The molecule has 0 amide bonds. The van der Waals surface area contributed by atoms with Crippen LogP contribution in [0.3, 0.4) is 0 Å². The van der Waals surface area contributed by atoms with E-state index in [1.807, 2.05) is 18.2 Å². The molecular formula is C12H12N2O2. The van der Waals surface area contributed by atoms with Crippen LogP contribution in [0.25, 0.3) is 0 Å². The first-order valence-electron chi connectivity index (χ1n) is 5.42. The maximum Gasteiger partial charge on any atom is 0.122 e. The minimum absolute atomic E-state index is 0.684. The summed E-state index contributed by atoms with van der Waals surface area (Å²) in [4.78, 5) is 10.0. The molecule has 0 unspecified atom stereocenters. The highest BCUT2D eigenvalue weighted by atomic mass is 16.6. The molecule has 3 rings (SSSR count). The molecule has 2 aliphatic rings. The first kappa shape index (κ1) is 9.39. The van der Waals surface area contributed by atoms with E-state index >= 15 is 0 Å². The Balaban J connectivity index is 1.93. The van der Waals surface area contributed by atoms with Crippen LogP contribution in [-0.2, 0) is 9.68 Å². The van der Waals surface area contributed by atoms with Gasteiger partial charge in [-0.2, -0.15) is 0 Å². The molecule has 0 spiro atoms. The molecule has 0 atom stereocenters. The lowest BCUT2D eigenvalue weighted by atomic mass is 10.0. The summed E-state index contributed by atoms with van der Waals surface area (Å²) in [7, 11) is 0. The van der Waals surface area contributed by atoms with Crippen LogP contribution in [0.5, 0.6) is 0 Å². The van der Waals surface area contributed by atoms with Gasteiger partial charge in [-0.05, 0) is 6.07 Å². The largest absolute Gasteiger partial charge is 0.395 e. The number of oxime groups is 2. The normalized spacial score (nSPS) is 18.8. The minimum Gasteiger partial charge on any atom is -0.395 e. The van der Waals surface area contributed by atoms with E-state index in [0.29, 0.717) is 13.2 Å². The second-order valence-corrected chi connectivity index (χ2v) is 3.82. The van der Waals surface area contributed by atoms with Crippen LogP contribution in [0.4, 0.5) is 0 Å². The molecule has 0 fully saturated rings. The van der Waals surface area contributed by atoms with Crippen molar-refractivity contribution in [2.24, 2.45) is 10.3 Å². The SMILES string of the molecule is c1cc(C2=NOCC2)cc(C2=NOCC2)c1. The fraction of sp³-hybridized carbons (Fsp3) is 0.333. The van der Waals surface area contributed by atoms with Gasteiger partial charge in [0.15, 0.2) is 0 Å². The highest BCUT2D eigenvalue weighted by molar-refractivity contribution is 6.05. The Hall–Kier alpha value is -1.84. The van der Waals surface area contributed by atoms with E-state index in [1.54, 1.807) is 0 Å². The van der Waals surface area contributed by atoms with Crippen LogP contribution in [0.1, 0.15) is 24.0 Å². The van der Waals surface area contributed by atoms with E-state index < -0.39 is 0 Å². The molecule has 0 radical (unpaired) electrons. The lowest BCUT2D eigenvalue weighted by Gasteiger charge is -2.02. The zero-order chi connectivity index (χ0) is 10.8. The van der Waals surface area contributed by atoms with Gasteiger partial charge in [0.2, 0.25) is 0 Å². The Morgan fingerprint density at radius 1 is 0.875 bits per heavy atom. The third-order valence-corrected chi connectivity index (χ3v) is 2.74.